The molecule has 0 saturated heterocycles. The SMILES string of the molecule is CCCCCCCCC1=NC=C[N+]1(CC(=O)O)C(C)N. The Bertz CT molecular complexity index is 377. The molecule has 0 aromatic heterocycles. The minimum absolute atomic E-state index is 0.0250. The topological polar surface area (TPSA) is 75.7 Å². The molecule has 0 amide bonds. The summed E-state index contributed by atoms with van der Waals surface area (Å²) in [5.74, 6) is 0.0439. The van der Waals surface area contributed by atoms with Crippen molar-refractivity contribution in [2.24, 2.45) is 10.7 Å². The first-order valence-corrected chi connectivity index (χ1v) is 7.62. The molecule has 0 saturated carbocycles. The minimum atomic E-state index is -0.843. The van der Waals surface area contributed by atoms with E-state index in [2.05, 4.69) is 11.9 Å². The molecule has 0 spiro atoms. The molecule has 20 heavy (non-hydrogen) atoms. The number of rotatable bonds is 10. The van der Waals surface area contributed by atoms with E-state index in [-0.39, 0.29) is 17.2 Å². The van der Waals surface area contributed by atoms with E-state index in [1.807, 2.05) is 13.1 Å². The van der Waals surface area contributed by atoms with Gasteiger partial charge in [-0.05, 0) is 6.42 Å². The molecule has 1 aliphatic heterocycles. The first-order valence-electron chi connectivity index (χ1n) is 7.62. The number of hydrogen-bond donors (Lipinski definition) is 2. The summed E-state index contributed by atoms with van der Waals surface area (Å²) < 4.78 is 0.171. The van der Waals surface area contributed by atoms with E-state index in [1.165, 1.54) is 32.1 Å². The van der Waals surface area contributed by atoms with Crippen molar-refractivity contribution < 1.29 is 14.4 Å². The van der Waals surface area contributed by atoms with Crippen molar-refractivity contribution in [3.8, 4) is 0 Å². The van der Waals surface area contributed by atoms with Gasteiger partial charge in [-0.2, -0.15) is 0 Å². The van der Waals surface area contributed by atoms with Crippen LogP contribution in [0.25, 0.3) is 0 Å². The zero-order valence-corrected chi connectivity index (χ0v) is 12.7. The summed E-state index contributed by atoms with van der Waals surface area (Å²) in [6.45, 7) is 4.03. The average molecular weight is 282 g/mol. The lowest BCUT2D eigenvalue weighted by molar-refractivity contribution is -0.805. The van der Waals surface area contributed by atoms with E-state index in [4.69, 9.17) is 10.8 Å². The number of carbonyl (C=O) groups is 1. The van der Waals surface area contributed by atoms with E-state index in [1.54, 1.807) is 6.20 Å². The third kappa shape index (κ3) is 4.42. The fourth-order valence-corrected chi connectivity index (χ4v) is 2.65. The molecule has 0 aromatic rings. The van der Waals surface area contributed by atoms with Crippen LogP contribution in [-0.4, -0.2) is 34.1 Å². The highest BCUT2D eigenvalue weighted by Gasteiger charge is 2.40. The highest BCUT2D eigenvalue weighted by molar-refractivity contribution is 5.81. The van der Waals surface area contributed by atoms with Gasteiger partial charge in [-0.25, -0.2) is 14.3 Å². The molecule has 0 aliphatic carbocycles. The first kappa shape index (κ1) is 16.9. The average Bonchev–Trinajstić information content (AvgIpc) is 2.77. The van der Waals surface area contributed by atoms with Crippen molar-refractivity contribution in [1.29, 1.82) is 0 Å². The lowest BCUT2D eigenvalue weighted by atomic mass is 10.1. The third-order valence-electron chi connectivity index (χ3n) is 3.91. The van der Waals surface area contributed by atoms with Gasteiger partial charge in [-0.1, -0.05) is 39.0 Å². The Morgan fingerprint density at radius 2 is 2.00 bits per heavy atom. The number of amidine groups is 1. The van der Waals surface area contributed by atoms with Gasteiger partial charge < -0.3 is 5.11 Å². The lowest BCUT2D eigenvalue weighted by Gasteiger charge is -2.34. The van der Waals surface area contributed by atoms with Crippen LogP contribution in [-0.2, 0) is 4.79 Å². The summed E-state index contributed by atoms with van der Waals surface area (Å²) in [5.41, 5.74) is 6.02. The summed E-state index contributed by atoms with van der Waals surface area (Å²) in [4.78, 5) is 15.5. The Morgan fingerprint density at radius 3 is 2.60 bits per heavy atom. The zero-order valence-electron chi connectivity index (χ0n) is 12.7. The lowest BCUT2D eigenvalue weighted by Crippen LogP contribution is -2.59. The van der Waals surface area contributed by atoms with Gasteiger partial charge in [0.15, 0.2) is 6.54 Å². The van der Waals surface area contributed by atoms with E-state index < -0.39 is 5.97 Å². The number of quaternary nitrogens is 1. The van der Waals surface area contributed by atoms with Crippen LogP contribution >= 0.6 is 0 Å². The second-order valence-corrected chi connectivity index (χ2v) is 5.58. The molecular weight excluding hydrogens is 254 g/mol. The molecule has 0 radical (unpaired) electrons. The number of aliphatic carboxylic acids is 1. The summed E-state index contributed by atoms with van der Waals surface area (Å²) in [6.07, 6.45) is 11.3. The summed E-state index contributed by atoms with van der Waals surface area (Å²) in [7, 11) is 0. The van der Waals surface area contributed by atoms with Crippen molar-refractivity contribution in [3.05, 3.63) is 12.4 Å². The molecule has 0 fully saturated rings. The number of unbranched alkanes of at least 4 members (excludes halogenated alkanes) is 5. The van der Waals surface area contributed by atoms with Crippen LogP contribution in [0.15, 0.2) is 17.4 Å². The summed E-state index contributed by atoms with van der Waals surface area (Å²) in [6, 6.07) is 0. The van der Waals surface area contributed by atoms with E-state index in [0.717, 1.165) is 18.7 Å². The highest BCUT2D eigenvalue weighted by atomic mass is 16.4. The maximum atomic E-state index is 11.1. The van der Waals surface area contributed by atoms with Crippen LogP contribution in [0.3, 0.4) is 0 Å². The molecule has 2 unspecified atom stereocenters. The Hall–Kier alpha value is -1.20. The fourth-order valence-electron chi connectivity index (χ4n) is 2.65. The molecule has 0 bridgehead atoms. The quantitative estimate of drug-likeness (QED) is 0.478. The van der Waals surface area contributed by atoms with Gasteiger partial charge in [-0.15, -0.1) is 0 Å². The normalized spacial score (nSPS) is 22.9. The van der Waals surface area contributed by atoms with E-state index in [9.17, 15) is 4.79 Å². The standard InChI is InChI=1S/C15H27N3O2/c1-3-4-5-6-7-8-9-14-17-10-11-18(14,13(2)16)12-15(19)20/h10-11,13H,3-9,12,16H2,1-2H3/p+1. The van der Waals surface area contributed by atoms with Gasteiger partial charge in [0.2, 0.25) is 5.84 Å². The largest absolute Gasteiger partial charge is 0.477 e. The molecule has 0 aromatic carbocycles. The molecule has 114 valence electrons. The second kappa shape index (κ2) is 8.17. The van der Waals surface area contributed by atoms with Crippen LogP contribution in [0.1, 0.15) is 58.8 Å². The second-order valence-electron chi connectivity index (χ2n) is 5.58. The Kier molecular flexibility index (Phi) is 6.88. The molecule has 5 nitrogen and oxygen atoms in total. The van der Waals surface area contributed by atoms with Crippen LogP contribution in [0.4, 0.5) is 0 Å². The van der Waals surface area contributed by atoms with Crippen LogP contribution in [0, 0.1) is 0 Å². The highest BCUT2D eigenvalue weighted by Crippen LogP contribution is 2.23. The van der Waals surface area contributed by atoms with Crippen molar-refractivity contribution in [2.45, 2.75) is 65.0 Å². The van der Waals surface area contributed by atoms with Gasteiger partial charge in [0, 0.05) is 13.3 Å². The number of carboxylic acid groups (broad SMARTS) is 1. The molecule has 1 rings (SSSR count). The summed E-state index contributed by atoms with van der Waals surface area (Å²) >= 11 is 0. The molecule has 1 aliphatic rings. The van der Waals surface area contributed by atoms with Gasteiger partial charge in [0.25, 0.3) is 0 Å². The maximum absolute atomic E-state index is 11.1. The Morgan fingerprint density at radius 1 is 1.35 bits per heavy atom. The van der Waals surface area contributed by atoms with Crippen LogP contribution in [0.2, 0.25) is 0 Å². The van der Waals surface area contributed by atoms with E-state index >= 15 is 0 Å². The number of aliphatic imine (C=N–C) groups is 1. The maximum Gasteiger partial charge on any atom is 0.360 e. The van der Waals surface area contributed by atoms with Crippen LogP contribution in [0.5, 0.6) is 0 Å². The minimum Gasteiger partial charge on any atom is -0.477 e. The number of nitrogens with zero attached hydrogens (tertiary/aromatic N) is 2. The van der Waals surface area contributed by atoms with E-state index in [0.29, 0.717) is 0 Å². The van der Waals surface area contributed by atoms with Gasteiger partial charge in [0.05, 0.1) is 6.20 Å². The fraction of sp³-hybridized carbons (Fsp3) is 0.733. The van der Waals surface area contributed by atoms with Gasteiger partial charge in [-0.3, -0.25) is 5.73 Å². The Labute approximate surface area is 121 Å². The molecule has 2 atom stereocenters. The molecule has 1 heterocycles. The molecular formula is C15H28N3O2+. The van der Waals surface area contributed by atoms with Crippen molar-refractivity contribution in [1.82, 2.24) is 0 Å². The molecule has 3 N–H and O–H groups in total. The zero-order chi connectivity index (χ0) is 15.0. The van der Waals surface area contributed by atoms with Crippen molar-refractivity contribution >= 4 is 11.8 Å². The number of nitrogens with two attached hydrogens (primary N) is 1. The van der Waals surface area contributed by atoms with Crippen LogP contribution < -0.4 is 5.73 Å². The van der Waals surface area contributed by atoms with Crippen molar-refractivity contribution in [2.75, 3.05) is 6.54 Å². The first-order chi connectivity index (χ1) is 9.53. The monoisotopic (exact) mass is 282 g/mol. The molecule has 5 heteroatoms. The predicted octanol–water partition coefficient (Wildman–Crippen LogP) is 2.83. The number of hydrogen-bond acceptors (Lipinski definition) is 3. The number of carboxylic acids is 1. The van der Waals surface area contributed by atoms with Gasteiger partial charge in [0.1, 0.15) is 12.4 Å². The smallest absolute Gasteiger partial charge is 0.360 e. The third-order valence-corrected chi connectivity index (χ3v) is 3.91. The van der Waals surface area contributed by atoms with Gasteiger partial charge >= 0.3 is 5.97 Å². The summed E-state index contributed by atoms with van der Waals surface area (Å²) in [5, 5.41) is 9.11. The predicted molar refractivity (Wildman–Crippen MR) is 81.0 cm³/mol. The van der Waals surface area contributed by atoms with Crippen molar-refractivity contribution in [3.63, 3.8) is 0 Å². The Balaban J connectivity index is 2.49.